The Kier molecular flexibility index (Phi) is 4.85. The van der Waals surface area contributed by atoms with Gasteiger partial charge in [-0.1, -0.05) is 37.1 Å². The molecule has 0 amide bonds. The highest BCUT2D eigenvalue weighted by Crippen LogP contribution is 2.15. The van der Waals surface area contributed by atoms with Gasteiger partial charge in [-0.25, -0.2) is 4.98 Å². The van der Waals surface area contributed by atoms with Gasteiger partial charge in [0.2, 0.25) is 5.95 Å². The quantitative estimate of drug-likeness (QED) is 0.720. The Morgan fingerprint density at radius 3 is 2.71 bits per heavy atom. The van der Waals surface area contributed by atoms with E-state index in [2.05, 4.69) is 27.3 Å². The number of aromatic nitrogens is 4. The number of aromatic amines is 1. The fraction of sp³-hybridized carbons (Fsp3) is 0.353. The maximum Gasteiger partial charge on any atom is 0.278 e. The van der Waals surface area contributed by atoms with E-state index in [4.69, 9.17) is 11.6 Å². The highest BCUT2D eigenvalue weighted by atomic mass is 35.5. The van der Waals surface area contributed by atoms with E-state index in [0.717, 1.165) is 30.0 Å². The Morgan fingerprint density at radius 1 is 1.25 bits per heavy atom. The van der Waals surface area contributed by atoms with Crippen molar-refractivity contribution in [1.29, 1.82) is 0 Å². The number of nitrogens with one attached hydrogen (secondary N) is 2. The smallest absolute Gasteiger partial charge is 0.278 e. The molecular formula is C17H20ClN5O. The van der Waals surface area contributed by atoms with Gasteiger partial charge in [-0.15, -0.1) is 0 Å². The third-order valence-electron chi connectivity index (χ3n) is 3.87. The summed E-state index contributed by atoms with van der Waals surface area (Å²) in [6, 6.07) is 7.72. The first-order chi connectivity index (χ1) is 11.6. The fourth-order valence-electron chi connectivity index (χ4n) is 2.71. The Bertz CT molecular complexity index is 898. The highest BCUT2D eigenvalue weighted by Gasteiger charge is 2.14. The molecule has 0 bridgehead atoms. The lowest BCUT2D eigenvalue weighted by Gasteiger charge is -2.06. The van der Waals surface area contributed by atoms with Gasteiger partial charge in [-0.05, 0) is 30.5 Å². The van der Waals surface area contributed by atoms with Crippen LogP contribution in [0.1, 0.15) is 24.6 Å². The molecule has 0 saturated carbocycles. The molecule has 24 heavy (non-hydrogen) atoms. The molecule has 0 radical (unpaired) electrons. The lowest BCUT2D eigenvalue weighted by molar-refractivity contribution is 0.751. The van der Waals surface area contributed by atoms with E-state index in [-0.39, 0.29) is 5.56 Å². The normalized spacial score (nSPS) is 11.1. The minimum atomic E-state index is -0.175. The molecule has 0 aliphatic heterocycles. The van der Waals surface area contributed by atoms with E-state index in [9.17, 15) is 4.79 Å². The molecule has 2 aromatic heterocycles. The molecule has 0 aliphatic carbocycles. The van der Waals surface area contributed by atoms with E-state index < -0.39 is 0 Å². The number of fused-ring (bicyclic) bond motifs is 1. The van der Waals surface area contributed by atoms with Gasteiger partial charge in [-0.2, -0.15) is 5.10 Å². The topological polar surface area (TPSA) is 75.6 Å². The molecule has 0 spiro atoms. The van der Waals surface area contributed by atoms with Crippen molar-refractivity contribution in [1.82, 2.24) is 19.7 Å². The van der Waals surface area contributed by atoms with Crippen LogP contribution in [0.15, 0.2) is 29.1 Å². The van der Waals surface area contributed by atoms with E-state index in [1.807, 2.05) is 24.3 Å². The van der Waals surface area contributed by atoms with Crippen molar-refractivity contribution in [2.45, 2.75) is 26.2 Å². The first-order valence-electron chi connectivity index (χ1n) is 8.02. The number of halogens is 1. The van der Waals surface area contributed by atoms with Crippen molar-refractivity contribution in [3.8, 4) is 0 Å². The molecule has 3 aromatic rings. The molecule has 0 unspecified atom stereocenters. The third kappa shape index (κ3) is 3.43. The minimum Gasteiger partial charge on any atom is -0.355 e. The standard InChI is InChI=1S/C17H20ClN5O/c1-3-4-13-14-15(23(2)22-13)16(24)21-17(20-14)19-10-9-11-5-7-12(18)8-6-11/h5-8H,3-4,9-10H2,1-2H3,(H2,19,20,21,24). The number of aryl methyl sites for hydroxylation is 2. The lowest BCUT2D eigenvalue weighted by Crippen LogP contribution is -2.16. The number of rotatable bonds is 6. The number of anilines is 1. The van der Waals surface area contributed by atoms with Crippen molar-refractivity contribution in [3.63, 3.8) is 0 Å². The van der Waals surface area contributed by atoms with Crippen molar-refractivity contribution in [2.75, 3.05) is 11.9 Å². The number of hydrogen-bond donors (Lipinski definition) is 2. The van der Waals surface area contributed by atoms with Gasteiger partial charge in [-0.3, -0.25) is 14.5 Å². The largest absolute Gasteiger partial charge is 0.355 e. The molecule has 1 aromatic carbocycles. The van der Waals surface area contributed by atoms with Gasteiger partial charge in [0.25, 0.3) is 5.56 Å². The molecule has 3 rings (SSSR count). The summed E-state index contributed by atoms with van der Waals surface area (Å²) < 4.78 is 1.60. The zero-order chi connectivity index (χ0) is 17.1. The molecule has 7 heteroatoms. The Labute approximate surface area is 144 Å². The second-order valence-corrected chi connectivity index (χ2v) is 6.17. The summed E-state index contributed by atoms with van der Waals surface area (Å²) in [4.78, 5) is 19.6. The predicted molar refractivity (Wildman–Crippen MR) is 96.8 cm³/mol. The van der Waals surface area contributed by atoms with Gasteiger partial charge in [0.05, 0.1) is 5.69 Å². The number of benzene rings is 1. The van der Waals surface area contributed by atoms with Crippen LogP contribution >= 0.6 is 11.6 Å². The third-order valence-corrected chi connectivity index (χ3v) is 4.12. The van der Waals surface area contributed by atoms with Crippen molar-refractivity contribution in [2.24, 2.45) is 7.05 Å². The molecule has 6 nitrogen and oxygen atoms in total. The second kappa shape index (κ2) is 7.05. The van der Waals surface area contributed by atoms with Crippen molar-refractivity contribution in [3.05, 3.63) is 50.9 Å². The van der Waals surface area contributed by atoms with Gasteiger partial charge < -0.3 is 5.32 Å². The van der Waals surface area contributed by atoms with Crippen LogP contribution < -0.4 is 10.9 Å². The lowest BCUT2D eigenvalue weighted by atomic mass is 10.1. The minimum absolute atomic E-state index is 0.175. The van der Waals surface area contributed by atoms with Crippen LogP contribution in [0.25, 0.3) is 11.0 Å². The fourth-order valence-corrected chi connectivity index (χ4v) is 2.84. The number of H-pyrrole nitrogens is 1. The zero-order valence-electron chi connectivity index (χ0n) is 13.8. The summed E-state index contributed by atoms with van der Waals surface area (Å²) in [5, 5.41) is 8.32. The first kappa shape index (κ1) is 16.5. The summed E-state index contributed by atoms with van der Waals surface area (Å²) in [7, 11) is 1.77. The van der Waals surface area contributed by atoms with Crippen LogP contribution in [0.5, 0.6) is 0 Å². The van der Waals surface area contributed by atoms with Crippen LogP contribution in [0.3, 0.4) is 0 Å². The summed E-state index contributed by atoms with van der Waals surface area (Å²) in [6.45, 7) is 2.75. The maximum absolute atomic E-state index is 12.3. The average molecular weight is 346 g/mol. The summed E-state index contributed by atoms with van der Waals surface area (Å²) in [6.07, 6.45) is 2.58. The van der Waals surface area contributed by atoms with E-state index >= 15 is 0 Å². The van der Waals surface area contributed by atoms with E-state index in [1.165, 1.54) is 5.56 Å². The van der Waals surface area contributed by atoms with Crippen LogP contribution in [0.2, 0.25) is 5.02 Å². The second-order valence-electron chi connectivity index (χ2n) is 5.74. The van der Waals surface area contributed by atoms with Gasteiger partial charge in [0.15, 0.2) is 5.52 Å². The molecule has 0 atom stereocenters. The van der Waals surface area contributed by atoms with Crippen LogP contribution in [0, 0.1) is 0 Å². The zero-order valence-corrected chi connectivity index (χ0v) is 14.5. The molecule has 126 valence electrons. The average Bonchev–Trinajstić information content (AvgIpc) is 2.86. The summed E-state index contributed by atoms with van der Waals surface area (Å²) in [5.41, 5.74) is 3.05. The van der Waals surface area contributed by atoms with Crippen molar-refractivity contribution >= 4 is 28.6 Å². The molecular weight excluding hydrogens is 326 g/mol. The van der Waals surface area contributed by atoms with Crippen LogP contribution in [-0.2, 0) is 19.9 Å². The molecule has 0 fully saturated rings. The van der Waals surface area contributed by atoms with Gasteiger partial charge in [0, 0.05) is 18.6 Å². The predicted octanol–water partition coefficient (Wildman–Crippen LogP) is 2.92. The molecule has 0 saturated heterocycles. The highest BCUT2D eigenvalue weighted by molar-refractivity contribution is 6.30. The van der Waals surface area contributed by atoms with Gasteiger partial charge in [0.1, 0.15) is 5.52 Å². The SMILES string of the molecule is CCCc1nn(C)c2c(=O)[nH]c(NCCc3ccc(Cl)cc3)nc12. The van der Waals surface area contributed by atoms with Crippen LogP contribution in [0.4, 0.5) is 5.95 Å². The van der Waals surface area contributed by atoms with Crippen molar-refractivity contribution < 1.29 is 0 Å². The monoisotopic (exact) mass is 345 g/mol. The first-order valence-corrected chi connectivity index (χ1v) is 8.40. The Balaban J connectivity index is 1.78. The summed E-state index contributed by atoms with van der Waals surface area (Å²) >= 11 is 5.88. The molecule has 0 aliphatic rings. The van der Waals surface area contributed by atoms with E-state index in [1.54, 1.807) is 11.7 Å². The van der Waals surface area contributed by atoms with E-state index in [0.29, 0.717) is 23.5 Å². The maximum atomic E-state index is 12.3. The summed E-state index contributed by atoms with van der Waals surface area (Å²) in [5.74, 6) is 0.479. The molecule has 2 N–H and O–H groups in total. The molecule has 2 heterocycles. The number of nitrogens with zero attached hydrogens (tertiary/aromatic N) is 3. The Morgan fingerprint density at radius 2 is 2.00 bits per heavy atom. The van der Waals surface area contributed by atoms with Crippen LogP contribution in [-0.4, -0.2) is 26.3 Å². The van der Waals surface area contributed by atoms with Gasteiger partial charge >= 0.3 is 0 Å². The Hall–Kier alpha value is -2.34. The number of hydrogen-bond acceptors (Lipinski definition) is 4.